The minimum Gasteiger partial charge on any atom is -0.457 e. The zero-order valence-electron chi connectivity index (χ0n) is 33.4. The number of hydrogen-bond donors (Lipinski definition) is 0. The highest BCUT2D eigenvalue weighted by Crippen LogP contribution is 2.69. The lowest BCUT2D eigenvalue weighted by Gasteiger charge is -2.63. The third kappa shape index (κ3) is 5.13. The first-order chi connectivity index (χ1) is 27.2. The van der Waals surface area contributed by atoms with Gasteiger partial charge in [-0.3, -0.25) is 0 Å². The van der Waals surface area contributed by atoms with Gasteiger partial charge in [0.2, 0.25) is 0 Å². The number of hydrogen-bond acceptors (Lipinski definition) is 2. The number of benzene rings is 6. The molecule has 0 atom stereocenters. The van der Waals surface area contributed by atoms with E-state index in [1.807, 2.05) is 0 Å². The van der Waals surface area contributed by atoms with E-state index in [4.69, 9.17) is 4.74 Å². The summed E-state index contributed by atoms with van der Waals surface area (Å²) in [6.07, 6.45) is 9.25. The Labute approximate surface area is 333 Å². The highest BCUT2D eigenvalue weighted by Gasteiger charge is 2.61. The van der Waals surface area contributed by atoms with Crippen LogP contribution in [0.2, 0.25) is 0 Å². The molecule has 1 spiro atoms. The molecule has 6 aromatic carbocycles. The summed E-state index contributed by atoms with van der Waals surface area (Å²) in [5.74, 6) is 5.33. The van der Waals surface area contributed by atoms with Crippen LogP contribution in [-0.4, -0.2) is 0 Å². The van der Waals surface area contributed by atoms with Crippen LogP contribution in [0.25, 0.3) is 22.3 Å². The van der Waals surface area contributed by atoms with Crippen LogP contribution in [0.1, 0.15) is 94.9 Å². The van der Waals surface area contributed by atoms with E-state index in [9.17, 15) is 0 Å². The molecule has 2 heteroatoms. The van der Waals surface area contributed by atoms with E-state index in [0.717, 1.165) is 23.3 Å². The molecule has 2 nitrogen and oxygen atoms in total. The summed E-state index contributed by atoms with van der Waals surface area (Å²) in [6.45, 7) is 9.74. The lowest BCUT2D eigenvalue weighted by Crippen LogP contribution is -2.56. The monoisotopic (exact) mass is 731 g/mol. The van der Waals surface area contributed by atoms with E-state index in [1.54, 1.807) is 0 Å². The topological polar surface area (TPSA) is 12.5 Å². The predicted octanol–water partition coefficient (Wildman–Crippen LogP) is 14.7. The molecule has 0 aromatic heterocycles. The number of para-hydroxylation sites is 1. The zero-order chi connectivity index (χ0) is 37.8. The molecule has 6 aromatic rings. The zero-order valence-corrected chi connectivity index (χ0v) is 33.4. The van der Waals surface area contributed by atoms with Gasteiger partial charge in [0, 0.05) is 27.9 Å². The van der Waals surface area contributed by atoms with Gasteiger partial charge < -0.3 is 9.64 Å². The summed E-state index contributed by atoms with van der Waals surface area (Å²) in [6, 6.07) is 52.4. The Morgan fingerprint density at radius 3 is 1.68 bits per heavy atom. The van der Waals surface area contributed by atoms with Crippen LogP contribution < -0.4 is 9.64 Å². The van der Waals surface area contributed by atoms with Gasteiger partial charge in [-0.1, -0.05) is 119 Å². The number of rotatable bonds is 5. The average molecular weight is 732 g/mol. The molecule has 5 aliphatic carbocycles. The van der Waals surface area contributed by atoms with E-state index < -0.39 is 0 Å². The molecule has 0 saturated heterocycles. The molecule has 6 aliphatic rings. The first-order valence-corrected chi connectivity index (χ1v) is 21.3. The molecule has 0 unspecified atom stereocenters. The number of ether oxygens (including phenoxy) is 1. The molecule has 4 fully saturated rings. The van der Waals surface area contributed by atoms with Crippen LogP contribution in [0.4, 0.5) is 17.1 Å². The number of anilines is 3. The first-order valence-electron chi connectivity index (χ1n) is 21.3. The molecular formula is C54H53NO. The second kappa shape index (κ2) is 12.5. The average Bonchev–Trinajstić information content (AvgIpc) is 3.22. The summed E-state index contributed by atoms with van der Waals surface area (Å²) < 4.78 is 6.75. The van der Waals surface area contributed by atoms with Crippen LogP contribution in [-0.2, 0) is 16.2 Å². The van der Waals surface area contributed by atoms with Crippen LogP contribution in [0.15, 0.2) is 140 Å². The van der Waals surface area contributed by atoms with Gasteiger partial charge in [0.05, 0.1) is 5.69 Å². The highest BCUT2D eigenvalue weighted by molar-refractivity contribution is 5.83. The summed E-state index contributed by atoms with van der Waals surface area (Å²) in [7, 11) is 0. The summed E-state index contributed by atoms with van der Waals surface area (Å²) in [5.41, 5.74) is 14.7. The Balaban J connectivity index is 1.02. The van der Waals surface area contributed by atoms with Gasteiger partial charge in [0.15, 0.2) is 0 Å². The quantitative estimate of drug-likeness (QED) is 0.175. The molecule has 0 radical (unpaired) electrons. The molecule has 0 N–H and O–H groups in total. The molecule has 280 valence electrons. The van der Waals surface area contributed by atoms with Crippen molar-refractivity contribution in [3.05, 3.63) is 162 Å². The van der Waals surface area contributed by atoms with Crippen molar-refractivity contribution in [2.75, 3.05) is 4.90 Å². The maximum Gasteiger partial charge on any atom is 0.131 e. The summed E-state index contributed by atoms with van der Waals surface area (Å²) in [4.78, 5) is 2.52. The molecule has 56 heavy (non-hydrogen) atoms. The van der Waals surface area contributed by atoms with E-state index in [0.29, 0.717) is 11.8 Å². The normalized spacial score (nSPS) is 25.9. The van der Waals surface area contributed by atoms with Crippen molar-refractivity contribution in [1.82, 2.24) is 0 Å². The van der Waals surface area contributed by atoms with E-state index in [1.165, 1.54) is 107 Å². The van der Waals surface area contributed by atoms with Crippen molar-refractivity contribution >= 4 is 17.1 Å². The lowest BCUT2D eigenvalue weighted by atomic mass is 9.41. The van der Waals surface area contributed by atoms with Crippen molar-refractivity contribution in [3.63, 3.8) is 0 Å². The number of nitrogens with zero attached hydrogens (tertiary/aromatic N) is 1. The molecule has 0 amide bonds. The Bertz CT molecular complexity index is 2430. The smallest absolute Gasteiger partial charge is 0.131 e. The van der Waals surface area contributed by atoms with Crippen LogP contribution in [0.3, 0.4) is 0 Å². The van der Waals surface area contributed by atoms with Crippen molar-refractivity contribution < 1.29 is 4.74 Å². The van der Waals surface area contributed by atoms with E-state index in [-0.39, 0.29) is 16.2 Å². The van der Waals surface area contributed by atoms with Gasteiger partial charge in [-0.05, 0) is 161 Å². The molecule has 4 bridgehead atoms. The van der Waals surface area contributed by atoms with E-state index >= 15 is 0 Å². The van der Waals surface area contributed by atoms with Gasteiger partial charge >= 0.3 is 0 Å². The van der Waals surface area contributed by atoms with Crippen LogP contribution in [0, 0.1) is 23.7 Å². The fraction of sp³-hybridized carbons (Fsp3) is 0.333. The maximum absolute atomic E-state index is 6.75. The SMILES string of the molecule is CC1(C)CCC(C)(C)c2c(N(c3ccc(-c4ccccc4)cc3)c3ccc(-c4ccc5c(c4)C4(c6ccccc6O5)C5CC6CC(C5)CC4C6)cc3)cccc21. The second-order valence-electron chi connectivity index (χ2n) is 19.2. The van der Waals surface area contributed by atoms with Crippen LogP contribution >= 0.6 is 0 Å². The predicted molar refractivity (Wildman–Crippen MR) is 232 cm³/mol. The molecule has 4 saturated carbocycles. The Hall–Kier alpha value is -5.08. The Morgan fingerprint density at radius 2 is 1.00 bits per heavy atom. The van der Waals surface area contributed by atoms with Crippen molar-refractivity contribution in [3.8, 4) is 33.8 Å². The number of fused-ring (bicyclic) bond motifs is 3. The first kappa shape index (κ1) is 34.2. The fourth-order valence-electron chi connectivity index (χ4n) is 12.6. The fourth-order valence-corrected chi connectivity index (χ4v) is 12.6. The van der Waals surface area contributed by atoms with Gasteiger partial charge in [-0.25, -0.2) is 0 Å². The minimum absolute atomic E-state index is 0.0449. The summed E-state index contributed by atoms with van der Waals surface area (Å²) >= 11 is 0. The molecule has 12 rings (SSSR count). The maximum atomic E-state index is 6.75. The van der Waals surface area contributed by atoms with Gasteiger partial charge in [0.1, 0.15) is 11.5 Å². The lowest BCUT2D eigenvalue weighted by molar-refractivity contribution is -0.0452. The van der Waals surface area contributed by atoms with Crippen LogP contribution in [0.5, 0.6) is 11.5 Å². The molecule has 1 aliphatic heterocycles. The highest BCUT2D eigenvalue weighted by atomic mass is 16.5. The third-order valence-electron chi connectivity index (χ3n) is 15.2. The van der Waals surface area contributed by atoms with Gasteiger partial charge in [-0.15, -0.1) is 0 Å². The van der Waals surface area contributed by atoms with E-state index in [2.05, 4.69) is 172 Å². The van der Waals surface area contributed by atoms with Crippen molar-refractivity contribution in [2.45, 2.75) is 88.9 Å². The minimum atomic E-state index is 0.0449. The van der Waals surface area contributed by atoms with Gasteiger partial charge in [-0.2, -0.15) is 0 Å². The van der Waals surface area contributed by atoms with Crippen molar-refractivity contribution in [1.29, 1.82) is 0 Å². The Kier molecular flexibility index (Phi) is 7.61. The van der Waals surface area contributed by atoms with Gasteiger partial charge in [0.25, 0.3) is 0 Å². The van der Waals surface area contributed by atoms with Crippen molar-refractivity contribution in [2.24, 2.45) is 23.7 Å². The largest absolute Gasteiger partial charge is 0.457 e. The second-order valence-corrected chi connectivity index (χ2v) is 19.2. The standard InChI is InChI=1S/C54H53NO/c1-52(2)27-28-53(3,4)51-46(52)14-10-15-48(51)55(43-22-17-38(18-23-43)37-11-6-5-7-12-37)44-24-19-39(20-25-44)40-21-26-50-47(34-40)54(45-13-8-9-16-49(45)56-50)41-30-35-29-36(32-41)33-42(54)31-35/h5-26,34-36,41-42H,27-33H2,1-4H3. The molecular weight excluding hydrogens is 679 g/mol. The Morgan fingerprint density at radius 1 is 0.464 bits per heavy atom. The molecule has 1 heterocycles. The third-order valence-corrected chi connectivity index (χ3v) is 15.2. The summed E-state index contributed by atoms with van der Waals surface area (Å²) in [5, 5.41) is 0.